The number of aromatic nitrogens is 2. The van der Waals surface area contributed by atoms with Crippen LogP contribution in [-0.4, -0.2) is 54.8 Å². The van der Waals surface area contributed by atoms with Gasteiger partial charge in [-0.2, -0.15) is 4.31 Å². The molecule has 1 aromatic heterocycles. The van der Waals surface area contributed by atoms with Crippen LogP contribution in [0, 0.1) is 12.7 Å². The van der Waals surface area contributed by atoms with E-state index in [1.54, 1.807) is 37.3 Å². The monoisotopic (exact) mass is 469 g/mol. The molecule has 0 radical (unpaired) electrons. The van der Waals surface area contributed by atoms with Crippen molar-refractivity contribution in [3.8, 4) is 0 Å². The number of nitrogens with one attached hydrogen (secondary N) is 1. The Morgan fingerprint density at radius 1 is 1.00 bits per heavy atom. The number of piperazine rings is 1. The van der Waals surface area contributed by atoms with E-state index in [2.05, 4.69) is 15.3 Å². The summed E-state index contributed by atoms with van der Waals surface area (Å²) < 4.78 is 40.4. The fraction of sp³-hybridized carbons (Fsp3) is 0.261. The molecule has 0 bridgehead atoms. The van der Waals surface area contributed by atoms with E-state index in [1.165, 1.54) is 28.8 Å². The van der Waals surface area contributed by atoms with Crippen molar-refractivity contribution in [1.82, 2.24) is 19.6 Å². The number of rotatable bonds is 6. The van der Waals surface area contributed by atoms with Gasteiger partial charge in [-0.05, 0) is 36.2 Å². The van der Waals surface area contributed by atoms with Crippen LogP contribution in [0.5, 0.6) is 0 Å². The lowest BCUT2D eigenvalue weighted by Gasteiger charge is -2.34. The molecule has 1 amide bonds. The van der Waals surface area contributed by atoms with Crippen molar-refractivity contribution >= 4 is 21.7 Å². The predicted octanol–water partition coefficient (Wildman–Crippen LogP) is 2.37. The first-order valence-corrected chi connectivity index (χ1v) is 11.9. The summed E-state index contributed by atoms with van der Waals surface area (Å²) in [6.45, 7) is 3.64. The summed E-state index contributed by atoms with van der Waals surface area (Å²) in [5.74, 6) is -0.134. The maximum atomic E-state index is 13.0. The van der Waals surface area contributed by atoms with Gasteiger partial charge in [0, 0.05) is 32.7 Å². The Labute approximate surface area is 192 Å². The molecular formula is C23H24FN5O3S. The number of amides is 1. The average molecular weight is 470 g/mol. The summed E-state index contributed by atoms with van der Waals surface area (Å²) in [6.07, 6.45) is 2.91. The van der Waals surface area contributed by atoms with Crippen LogP contribution in [-0.2, 0) is 16.6 Å². The highest BCUT2D eigenvalue weighted by Crippen LogP contribution is 2.22. The van der Waals surface area contributed by atoms with E-state index in [0.29, 0.717) is 36.9 Å². The van der Waals surface area contributed by atoms with Crippen LogP contribution in [0.1, 0.15) is 21.6 Å². The summed E-state index contributed by atoms with van der Waals surface area (Å²) >= 11 is 0. The van der Waals surface area contributed by atoms with Crippen LogP contribution in [0.15, 0.2) is 65.8 Å². The molecule has 172 valence electrons. The maximum Gasteiger partial charge on any atom is 0.271 e. The van der Waals surface area contributed by atoms with Crippen LogP contribution in [0.4, 0.5) is 10.2 Å². The Morgan fingerprint density at radius 2 is 1.70 bits per heavy atom. The topological polar surface area (TPSA) is 95.5 Å². The molecule has 2 heterocycles. The number of carbonyl (C=O) groups excluding carboxylic acids is 1. The highest BCUT2D eigenvalue weighted by atomic mass is 32.2. The van der Waals surface area contributed by atoms with Crippen molar-refractivity contribution in [3.63, 3.8) is 0 Å². The number of hydrogen-bond donors (Lipinski definition) is 1. The summed E-state index contributed by atoms with van der Waals surface area (Å²) in [5.41, 5.74) is 1.66. The number of aryl methyl sites for hydroxylation is 1. The van der Waals surface area contributed by atoms with Gasteiger partial charge in [0.2, 0.25) is 10.0 Å². The number of carbonyl (C=O) groups is 1. The molecule has 1 saturated heterocycles. The Kier molecular flexibility index (Phi) is 6.66. The molecule has 0 saturated carbocycles. The molecule has 8 nitrogen and oxygen atoms in total. The van der Waals surface area contributed by atoms with Crippen LogP contribution in [0.2, 0.25) is 0 Å². The van der Waals surface area contributed by atoms with Gasteiger partial charge in [-0.25, -0.2) is 22.8 Å². The first kappa shape index (κ1) is 22.8. The summed E-state index contributed by atoms with van der Waals surface area (Å²) in [4.78, 5) is 23.1. The van der Waals surface area contributed by atoms with E-state index in [9.17, 15) is 17.6 Å². The van der Waals surface area contributed by atoms with Crippen LogP contribution >= 0.6 is 0 Å². The molecule has 2 aromatic carbocycles. The fourth-order valence-electron chi connectivity index (χ4n) is 3.62. The molecule has 0 atom stereocenters. The number of anilines is 1. The van der Waals surface area contributed by atoms with Crippen LogP contribution in [0.25, 0.3) is 0 Å². The number of benzene rings is 2. The molecule has 0 aliphatic carbocycles. The normalized spacial score (nSPS) is 14.8. The van der Waals surface area contributed by atoms with Gasteiger partial charge in [-0.15, -0.1) is 0 Å². The molecule has 1 N–H and O–H groups in total. The van der Waals surface area contributed by atoms with Crippen molar-refractivity contribution in [2.75, 3.05) is 31.1 Å². The molecule has 3 aromatic rings. The summed E-state index contributed by atoms with van der Waals surface area (Å²) in [6, 6.07) is 12.8. The fourth-order valence-corrected chi connectivity index (χ4v) is 5.27. The second-order valence-corrected chi connectivity index (χ2v) is 9.63. The van der Waals surface area contributed by atoms with Gasteiger partial charge >= 0.3 is 0 Å². The van der Waals surface area contributed by atoms with Crippen molar-refractivity contribution in [3.05, 3.63) is 83.6 Å². The van der Waals surface area contributed by atoms with Gasteiger partial charge in [0.15, 0.2) is 0 Å². The summed E-state index contributed by atoms with van der Waals surface area (Å²) in [5, 5.41) is 2.73. The van der Waals surface area contributed by atoms with E-state index in [0.717, 1.165) is 11.1 Å². The minimum Gasteiger partial charge on any atom is -0.353 e. The van der Waals surface area contributed by atoms with Crippen molar-refractivity contribution < 1.29 is 17.6 Å². The highest BCUT2D eigenvalue weighted by molar-refractivity contribution is 7.89. The van der Waals surface area contributed by atoms with Crippen LogP contribution < -0.4 is 10.2 Å². The van der Waals surface area contributed by atoms with E-state index in [-0.39, 0.29) is 24.0 Å². The zero-order valence-electron chi connectivity index (χ0n) is 18.1. The Morgan fingerprint density at radius 3 is 2.33 bits per heavy atom. The SMILES string of the molecule is Cc1ccccc1S(=O)(=O)N1CCN(c2cnc(C(=O)NCc3ccc(F)cc3)cn2)CC1. The molecule has 1 aliphatic heterocycles. The Hall–Kier alpha value is -3.37. The Balaban J connectivity index is 1.34. The lowest BCUT2D eigenvalue weighted by molar-refractivity contribution is 0.0945. The minimum atomic E-state index is -3.55. The molecule has 10 heteroatoms. The van der Waals surface area contributed by atoms with Gasteiger partial charge in [-0.1, -0.05) is 30.3 Å². The van der Waals surface area contributed by atoms with Gasteiger partial charge in [0.05, 0.1) is 17.3 Å². The third-order valence-electron chi connectivity index (χ3n) is 5.51. The third kappa shape index (κ3) is 5.18. The zero-order chi connectivity index (χ0) is 23.4. The van der Waals surface area contributed by atoms with E-state index in [4.69, 9.17) is 0 Å². The quantitative estimate of drug-likeness (QED) is 0.596. The Bertz CT molecular complexity index is 1230. The van der Waals surface area contributed by atoms with E-state index >= 15 is 0 Å². The predicted molar refractivity (Wildman–Crippen MR) is 122 cm³/mol. The van der Waals surface area contributed by atoms with Gasteiger partial charge in [0.1, 0.15) is 17.3 Å². The first-order valence-electron chi connectivity index (χ1n) is 10.5. The van der Waals surface area contributed by atoms with E-state index < -0.39 is 10.0 Å². The minimum absolute atomic E-state index is 0.168. The van der Waals surface area contributed by atoms with Gasteiger partial charge in [-0.3, -0.25) is 4.79 Å². The lowest BCUT2D eigenvalue weighted by atomic mass is 10.2. The molecule has 1 aliphatic rings. The third-order valence-corrected chi connectivity index (χ3v) is 7.57. The second-order valence-electron chi connectivity index (χ2n) is 7.73. The average Bonchev–Trinajstić information content (AvgIpc) is 2.84. The van der Waals surface area contributed by atoms with Gasteiger partial charge < -0.3 is 10.2 Å². The zero-order valence-corrected chi connectivity index (χ0v) is 18.9. The smallest absolute Gasteiger partial charge is 0.271 e. The van der Waals surface area contributed by atoms with Crippen molar-refractivity contribution in [1.29, 1.82) is 0 Å². The van der Waals surface area contributed by atoms with E-state index in [1.807, 2.05) is 11.0 Å². The lowest BCUT2D eigenvalue weighted by Crippen LogP contribution is -2.49. The highest BCUT2D eigenvalue weighted by Gasteiger charge is 2.30. The molecular weight excluding hydrogens is 445 g/mol. The number of halogens is 1. The molecule has 4 rings (SSSR count). The number of hydrogen-bond acceptors (Lipinski definition) is 6. The van der Waals surface area contributed by atoms with Crippen molar-refractivity contribution in [2.45, 2.75) is 18.4 Å². The van der Waals surface area contributed by atoms with Gasteiger partial charge in [0.25, 0.3) is 5.91 Å². The summed E-state index contributed by atoms with van der Waals surface area (Å²) in [7, 11) is -3.55. The largest absolute Gasteiger partial charge is 0.353 e. The standard InChI is InChI=1S/C23H24FN5O3S/c1-17-4-2-3-5-21(17)33(31,32)29-12-10-28(11-13-29)22-16-25-20(15-26-22)23(30)27-14-18-6-8-19(24)9-7-18/h2-9,15-16H,10-14H2,1H3,(H,27,30). The van der Waals surface area contributed by atoms with Crippen molar-refractivity contribution in [2.24, 2.45) is 0 Å². The maximum absolute atomic E-state index is 13.0. The van der Waals surface area contributed by atoms with Crippen LogP contribution in [0.3, 0.4) is 0 Å². The molecule has 0 unspecified atom stereocenters. The number of nitrogens with zero attached hydrogens (tertiary/aromatic N) is 4. The molecule has 0 spiro atoms. The molecule has 33 heavy (non-hydrogen) atoms. The number of sulfonamides is 1. The second kappa shape index (κ2) is 9.63. The molecule has 1 fully saturated rings. The first-order chi connectivity index (χ1) is 15.8.